The quantitative estimate of drug-likeness (QED) is 0.596. The Balaban J connectivity index is 2.43. The van der Waals surface area contributed by atoms with Crippen LogP contribution in [0.15, 0.2) is 29.4 Å². The van der Waals surface area contributed by atoms with E-state index in [9.17, 15) is 18.5 Å². The number of rotatable bonds is 5. The van der Waals surface area contributed by atoms with Crippen molar-refractivity contribution in [2.45, 2.75) is 19.0 Å². The Labute approximate surface area is 120 Å². The minimum Gasteiger partial charge on any atom is -0.258 e. The van der Waals surface area contributed by atoms with Crippen LogP contribution in [0.1, 0.15) is 13.8 Å². The molecule has 2 rings (SSSR count). The van der Waals surface area contributed by atoms with Crippen LogP contribution in [-0.2, 0) is 9.84 Å². The smallest absolute Gasteiger partial charge is 0.258 e. The molecule has 0 saturated carbocycles. The maximum absolute atomic E-state index is 12.2. The molecular formula is C11H13N5O4S. The van der Waals surface area contributed by atoms with Gasteiger partial charge in [0.05, 0.1) is 16.4 Å². The van der Waals surface area contributed by atoms with E-state index in [1.807, 2.05) is 0 Å². The van der Waals surface area contributed by atoms with E-state index in [2.05, 4.69) is 15.5 Å². The second-order valence-electron chi connectivity index (χ2n) is 4.82. The molecule has 1 aromatic heterocycles. The molecule has 21 heavy (non-hydrogen) atoms. The Kier molecular flexibility index (Phi) is 3.98. The van der Waals surface area contributed by atoms with Crippen LogP contribution < -0.4 is 0 Å². The largest absolute Gasteiger partial charge is 0.272 e. The number of hydrogen-bond donors (Lipinski definition) is 0. The number of aromatic nitrogens is 4. The molecule has 0 radical (unpaired) electrons. The van der Waals surface area contributed by atoms with Gasteiger partial charge >= 0.3 is 0 Å². The zero-order chi connectivity index (χ0) is 15.6. The summed E-state index contributed by atoms with van der Waals surface area (Å²) < 4.78 is 25.5. The van der Waals surface area contributed by atoms with Crippen molar-refractivity contribution >= 4 is 15.5 Å². The van der Waals surface area contributed by atoms with Gasteiger partial charge in [-0.2, -0.15) is 4.68 Å². The zero-order valence-electron chi connectivity index (χ0n) is 11.4. The van der Waals surface area contributed by atoms with Crippen LogP contribution in [0.5, 0.6) is 0 Å². The minimum atomic E-state index is -3.63. The summed E-state index contributed by atoms with van der Waals surface area (Å²) in [6, 6.07) is 5.30. The van der Waals surface area contributed by atoms with Crippen LogP contribution in [0.2, 0.25) is 0 Å². The molecule has 10 heteroatoms. The number of nitro benzene ring substituents is 1. The lowest BCUT2D eigenvalue weighted by Crippen LogP contribution is -2.17. The number of non-ortho nitro benzene ring substituents is 1. The van der Waals surface area contributed by atoms with E-state index in [0.717, 1.165) is 4.68 Å². The lowest BCUT2D eigenvalue weighted by Gasteiger charge is -2.07. The van der Waals surface area contributed by atoms with Crippen LogP contribution in [-0.4, -0.2) is 39.3 Å². The minimum absolute atomic E-state index is 0.0722. The molecule has 0 saturated heterocycles. The zero-order valence-corrected chi connectivity index (χ0v) is 12.2. The summed E-state index contributed by atoms with van der Waals surface area (Å²) in [5, 5.41) is 20.9. The molecule has 1 aromatic carbocycles. The summed E-state index contributed by atoms with van der Waals surface area (Å²) in [6.45, 7) is 3.55. The van der Waals surface area contributed by atoms with Gasteiger partial charge in [0.15, 0.2) is 0 Å². The molecule has 0 N–H and O–H groups in total. The molecule has 0 fully saturated rings. The van der Waals surface area contributed by atoms with Gasteiger partial charge in [-0.05, 0) is 28.5 Å². The van der Waals surface area contributed by atoms with Gasteiger partial charge in [-0.15, -0.1) is 0 Å². The fraction of sp³-hybridized carbons (Fsp3) is 0.364. The average molecular weight is 311 g/mol. The second-order valence-corrected chi connectivity index (χ2v) is 6.75. The Hall–Kier alpha value is -2.36. The molecule has 9 nitrogen and oxygen atoms in total. The standard InChI is InChI=1S/C11H13N5O4S/c1-8(2)7-21(19,20)11-12-13-14-15(11)9-3-5-10(6-4-9)16(17)18/h3-6,8H,7H2,1-2H3. The van der Waals surface area contributed by atoms with E-state index in [1.54, 1.807) is 13.8 Å². The number of nitrogens with zero attached hydrogens (tertiary/aromatic N) is 5. The van der Waals surface area contributed by atoms with E-state index in [-0.39, 0.29) is 22.5 Å². The molecule has 0 spiro atoms. The first-order chi connectivity index (χ1) is 9.81. The molecule has 0 aliphatic carbocycles. The molecule has 0 amide bonds. The molecule has 0 atom stereocenters. The van der Waals surface area contributed by atoms with Crippen LogP contribution in [0.25, 0.3) is 5.69 Å². The highest BCUT2D eigenvalue weighted by Gasteiger charge is 2.25. The van der Waals surface area contributed by atoms with Gasteiger partial charge < -0.3 is 0 Å². The first-order valence-corrected chi connectivity index (χ1v) is 7.72. The van der Waals surface area contributed by atoms with Crippen molar-refractivity contribution in [1.82, 2.24) is 20.2 Å². The van der Waals surface area contributed by atoms with E-state index < -0.39 is 14.8 Å². The van der Waals surface area contributed by atoms with Crippen molar-refractivity contribution < 1.29 is 13.3 Å². The second kappa shape index (κ2) is 5.56. The highest BCUT2D eigenvalue weighted by atomic mass is 32.2. The number of nitro groups is 1. The van der Waals surface area contributed by atoms with Crippen molar-refractivity contribution in [1.29, 1.82) is 0 Å². The number of tetrazole rings is 1. The summed E-state index contributed by atoms with van der Waals surface area (Å²) >= 11 is 0. The summed E-state index contributed by atoms with van der Waals surface area (Å²) in [5.74, 6) is -0.155. The van der Waals surface area contributed by atoms with Crippen molar-refractivity contribution in [3.05, 3.63) is 34.4 Å². The molecule has 112 valence electrons. The monoisotopic (exact) mass is 311 g/mol. The van der Waals surface area contributed by atoms with Gasteiger partial charge in [0.1, 0.15) is 0 Å². The van der Waals surface area contributed by atoms with Crippen molar-refractivity contribution in [2.24, 2.45) is 5.92 Å². The predicted octanol–water partition coefficient (Wildman–Crippen LogP) is 1.00. The Bertz CT molecular complexity index is 751. The highest BCUT2D eigenvalue weighted by molar-refractivity contribution is 7.91. The van der Waals surface area contributed by atoms with Crippen molar-refractivity contribution in [2.75, 3.05) is 5.75 Å². The Morgan fingerprint density at radius 2 is 1.90 bits per heavy atom. The third kappa shape index (κ3) is 3.21. The van der Waals surface area contributed by atoms with Crippen molar-refractivity contribution in [3.8, 4) is 5.69 Å². The summed E-state index contributed by atoms with van der Waals surface area (Å²) in [5.41, 5.74) is 0.242. The number of sulfone groups is 1. The molecular weight excluding hydrogens is 298 g/mol. The molecule has 2 aromatic rings. The van der Waals surface area contributed by atoms with Gasteiger partial charge in [0.2, 0.25) is 9.84 Å². The van der Waals surface area contributed by atoms with Gasteiger partial charge in [-0.3, -0.25) is 10.1 Å². The number of benzene rings is 1. The third-order valence-electron chi connectivity index (χ3n) is 2.58. The topological polar surface area (TPSA) is 121 Å². The van der Waals surface area contributed by atoms with E-state index >= 15 is 0 Å². The molecule has 0 aliphatic rings. The van der Waals surface area contributed by atoms with Crippen LogP contribution >= 0.6 is 0 Å². The van der Waals surface area contributed by atoms with Gasteiger partial charge in [-0.1, -0.05) is 18.9 Å². The fourth-order valence-corrected chi connectivity index (χ4v) is 3.36. The first kappa shape index (κ1) is 15.0. The molecule has 0 bridgehead atoms. The first-order valence-electron chi connectivity index (χ1n) is 6.07. The Morgan fingerprint density at radius 1 is 1.29 bits per heavy atom. The lowest BCUT2D eigenvalue weighted by atomic mass is 10.3. The van der Waals surface area contributed by atoms with E-state index in [0.29, 0.717) is 5.69 Å². The van der Waals surface area contributed by atoms with Crippen LogP contribution in [0.3, 0.4) is 0 Å². The SMILES string of the molecule is CC(C)CS(=O)(=O)c1nnnn1-c1ccc([N+](=O)[O-])cc1. The fourth-order valence-electron chi connectivity index (χ4n) is 1.76. The maximum atomic E-state index is 12.2. The Morgan fingerprint density at radius 3 is 2.43 bits per heavy atom. The molecule has 0 aliphatic heterocycles. The highest BCUT2D eigenvalue weighted by Crippen LogP contribution is 2.18. The van der Waals surface area contributed by atoms with Crippen LogP contribution in [0.4, 0.5) is 5.69 Å². The van der Waals surface area contributed by atoms with E-state index in [1.165, 1.54) is 24.3 Å². The lowest BCUT2D eigenvalue weighted by molar-refractivity contribution is -0.384. The summed E-state index contributed by atoms with van der Waals surface area (Å²) in [7, 11) is -3.63. The van der Waals surface area contributed by atoms with Crippen LogP contribution in [0, 0.1) is 16.0 Å². The normalized spacial score (nSPS) is 11.8. The van der Waals surface area contributed by atoms with Crippen molar-refractivity contribution in [3.63, 3.8) is 0 Å². The average Bonchev–Trinajstić information content (AvgIpc) is 2.87. The molecule has 1 heterocycles. The maximum Gasteiger partial charge on any atom is 0.272 e. The van der Waals surface area contributed by atoms with Gasteiger partial charge in [0.25, 0.3) is 10.8 Å². The summed E-state index contributed by atoms with van der Waals surface area (Å²) in [6.07, 6.45) is 0. The summed E-state index contributed by atoms with van der Waals surface area (Å²) in [4.78, 5) is 10.1. The van der Waals surface area contributed by atoms with Gasteiger partial charge in [0, 0.05) is 12.1 Å². The predicted molar refractivity (Wildman–Crippen MR) is 72.7 cm³/mol. The third-order valence-corrected chi connectivity index (χ3v) is 4.49. The van der Waals surface area contributed by atoms with E-state index in [4.69, 9.17) is 0 Å². The molecule has 0 unspecified atom stereocenters. The van der Waals surface area contributed by atoms with Gasteiger partial charge in [-0.25, -0.2) is 8.42 Å². The number of hydrogen-bond acceptors (Lipinski definition) is 7.